The van der Waals surface area contributed by atoms with Crippen LogP contribution in [0.1, 0.15) is 25.1 Å². The molecule has 29 heavy (non-hydrogen) atoms. The van der Waals surface area contributed by atoms with Gasteiger partial charge in [-0.05, 0) is 43.2 Å². The van der Waals surface area contributed by atoms with Crippen LogP contribution in [0.4, 0.5) is 4.39 Å². The average Bonchev–Trinajstić information content (AvgIpc) is 2.76. The molecule has 1 heterocycles. The van der Waals surface area contributed by atoms with E-state index in [1.807, 2.05) is 44.2 Å². The van der Waals surface area contributed by atoms with Crippen molar-refractivity contribution in [1.29, 1.82) is 0 Å². The summed E-state index contributed by atoms with van der Waals surface area (Å²) >= 11 is 0. The Balaban J connectivity index is 1.71. The Hall–Kier alpha value is -3.28. The minimum absolute atomic E-state index is 0.107. The summed E-state index contributed by atoms with van der Waals surface area (Å²) in [6.07, 6.45) is 0.691. The number of hydrogen-bond acceptors (Lipinski definition) is 4. The number of nitrogens with zero attached hydrogens (tertiary/aromatic N) is 3. The first kappa shape index (κ1) is 20.5. The summed E-state index contributed by atoms with van der Waals surface area (Å²) in [4.78, 5) is 23.2. The molecule has 1 amide bonds. The molecule has 0 bridgehead atoms. The summed E-state index contributed by atoms with van der Waals surface area (Å²) in [6, 6.07) is 17.5. The third kappa shape index (κ3) is 5.60. The van der Waals surface area contributed by atoms with Crippen molar-refractivity contribution in [3.63, 3.8) is 0 Å². The largest absolute Gasteiger partial charge is 0.467 e. The molecule has 5 nitrogen and oxygen atoms in total. The van der Waals surface area contributed by atoms with E-state index in [0.29, 0.717) is 36.8 Å². The number of benzene rings is 2. The first-order valence-electron chi connectivity index (χ1n) is 9.67. The van der Waals surface area contributed by atoms with Gasteiger partial charge in [0.1, 0.15) is 5.82 Å². The minimum atomic E-state index is -0.319. The van der Waals surface area contributed by atoms with Crippen molar-refractivity contribution in [3.8, 4) is 17.3 Å². The topological polar surface area (TPSA) is 55.3 Å². The van der Waals surface area contributed by atoms with Crippen LogP contribution < -0.4 is 4.74 Å². The van der Waals surface area contributed by atoms with Crippen LogP contribution in [0.5, 0.6) is 5.88 Å². The second kappa shape index (κ2) is 9.78. The first-order valence-corrected chi connectivity index (χ1v) is 9.67. The molecule has 6 heteroatoms. The van der Waals surface area contributed by atoms with E-state index in [0.717, 1.165) is 11.3 Å². The molecular formula is C23H24FN3O2. The number of aromatic nitrogens is 2. The molecule has 0 N–H and O–H groups in total. The molecule has 0 atom stereocenters. The van der Waals surface area contributed by atoms with Crippen LogP contribution in [0, 0.1) is 5.82 Å². The van der Waals surface area contributed by atoms with Crippen LogP contribution >= 0.6 is 0 Å². The van der Waals surface area contributed by atoms with Crippen LogP contribution in [0.2, 0.25) is 0 Å². The van der Waals surface area contributed by atoms with Gasteiger partial charge in [0.05, 0.1) is 0 Å². The summed E-state index contributed by atoms with van der Waals surface area (Å²) in [7, 11) is 0. The van der Waals surface area contributed by atoms with Crippen molar-refractivity contribution in [3.05, 3.63) is 77.7 Å². The Morgan fingerprint density at radius 2 is 1.76 bits per heavy atom. The molecule has 1 aromatic heterocycles. The number of ether oxygens (including phenoxy) is 1. The first-order chi connectivity index (χ1) is 14.1. The quantitative estimate of drug-likeness (QED) is 0.573. The fraction of sp³-hybridized carbons (Fsp3) is 0.261. The van der Waals surface area contributed by atoms with Gasteiger partial charge in [-0.25, -0.2) is 9.37 Å². The van der Waals surface area contributed by atoms with Gasteiger partial charge in [0.15, 0.2) is 12.4 Å². The van der Waals surface area contributed by atoms with Gasteiger partial charge in [-0.3, -0.25) is 4.79 Å². The Bertz CT molecular complexity index is 946. The summed E-state index contributed by atoms with van der Waals surface area (Å²) in [6.45, 7) is 4.92. The van der Waals surface area contributed by atoms with Gasteiger partial charge in [-0.1, -0.05) is 37.3 Å². The van der Waals surface area contributed by atoms with Gasteiger partial charge < -0.3 is 9.64 Å². The number of halogens is 1. The van der Waals surface area contributed by atoms with Crippen molar-refractivity contribution in [1.82, 2.24) is 14.9 Å². The molecule has 0 unspecified atom stereocenters. The highest BCUT2D eigenvalue weighted by Gasteiger charge is 2.14. The third-order valence-electron chi connectivity index (χ3n) is 4.51. The molecule has 0 spiro atoms. The lowest BCUT2D eigenvalue weighted by molar-refractivity contribution is -0.133. The number of hydrogen-bond donors (Lipinski definition) is 0. The maximum Gasteiger partial charge on any atom is 0.260 e. The van der Waals surface area contributed by atoms with E-state index in [4.69, 9.17) is 4.74 Å². The molecule has 3 aromatic rings. The van der Waals surface area contributed by atoms with Gasteiger partial charge >= 0.3 is 0 Å². The Morgan fingerprint density at radius 1 is 1.03 bits per heavy atom. The summed E-state index contributed by atoms with van der Waals surface area (Å²) < 4.78 is 18.9. The van der Waals surface area contributed by atoms with E-state index < -0.39 is 0 Å². The standard InChI is InChI=1S/C23H24FN3O2/c1-3-20-14-21(26-23(25-20)18-10-12-19(24)13-11-18)29-16-22(28)27(4-2)15-17-8-6-5-7-9-17/h5-14H,3-4,15-16H2,1-2H3. The highest BCUT2D eigenvalue weighted by molar-refractivity contribution is 5.77. The van der Waals surface area contributed by atoms with Crippen molar-refractivity contribution in [2.24, 2.45) is 0 Å². The Morgan fingerprint density at radius 3 is 2.41 bits per heavy atom. The summed E-state index contributed by atoms with van der Waals surface area (Å²) in [5.41, 5.74) is 2.55. The van der Waals surface area contributed by atoms with E-state index >= 15 is 0 Å². The van der Waals surface area contributed by atoms with Crippen LogP contribution in [-0.2, 0) is 17.8 Å². The zero-order valence-electron chi connectivity index (χ0n) is 16.6. The number of aryl methyl sites for hydroxylation is 1. The van der Waals surface area contributed by atoms with Crippen molar-refractivity contribution >= 4 is 5.91 Å². The lowest BCUT2D eigenvalue weighted by Crippen LogP contribution is -2.34. The Labute approximate surface area is 170 Å². The number of carbonyl (C=O) groups excluding carboxylic acids is 1. The maximum atomic E-state index is 13.2. The maximum absolute atomic E-state index is 13.2. The summed E-state index contributed by atoms with van der Waals surface area (Å²) in [5.74, 6) is 0.348. The van der Waals surface area contributed by atoms with Crippen LogP contribution in [0.3, 0.4) is 0 Å². The van der Waals surface area contributed by atoms with Crippen LogP contribution in [0.25, 0.3) is 11.4 Å². The molecule has 2 aromatic carbocycles. The summed E-state index contributed by atoms with van der Waals surface area (Å²) in [5, 5.41) is 0. The highest BCUT2D eigenvalue weighted by atomic mass is 19.1. The molecule has 0 aliphatic carbocycles. The van der Waals surface area contributed by atoms with Gasteiger partial charge in [0, 0.05) is 30.4 Å². The van der Waals surface area contributed by atoms with Crippen molar-refractivity contribution in [2.75, 3.05) is 13.2 Å². The molecule has 3 rings (SSSR count). The number of amides is 1. The van der Waals surface area contributed by atoms with Crippen LogP contribution in [0.15, 0.2) is 60.7 Å². The highest BCUT2D eigenvalue weighted by Crippen LogP contribution is 2.20. The molecule has 0 radical (unpaired) electrons. The third-order valence-corrected chi connectivity index (χ3v) is 4.51. The zero-order valence-corrected chi connectivity index (χ0v) is 16.6. The van der Waals surface area contributed by atoms with E-state index in [1.165, 1.54) is 12.1 Å². The molecule has 150 valence electrons. The lowest BCUT2D eigenvalue weighted by Gasteiger charge is -2.21. The van der Waals surface area contributed by atoms with E-state index in [1.54, 1.807) is 23.1 Å². The number of rotatable bonds is 8. The molecule has 0 saturated carbocycles. The minimum Gasteiger partial charge on any atom is -0.467 e. The molecule has 0 aliphatic rings. The fourth-order valence-corrected chi connectivity index (χ4v) is 2.86. The van der Waals surface area contributed by atoms with E-state index in [9.17, 15) is 9.18 Å². The molecule has 0 aliphatic heterocycles. The van der Waals surface area contributed by atoms with Gasteiger partial charge in [-0.15, -0.1) is 0 Å². The zero-order chi connectivity index (χ0) is 20.6. The molecule has 0 fully saturated rings. The van der Waals surface area contributed by atoms with Gasteiger partial charge in [-0.2, -0.15) is 4.98 Å². The molecule has 0 saturated heterocycles. The second-order valence-corrected chi connectivity index (χ2v) is 6.56. The smallest absolute Gasteiger partial charge is 0.260 e. The molecular weight excluding hydrogens is 369 g/mol. The normalized spacial score (nSPS) is 10.6. The number of likely N-dealkylation sites (N-methyl/N-ethyl adjacent to an activating group) is 1. The van der Waals surface area contributed by atoms with E-state index in [2.05, 4.69) is 9.97 Å². The van der Waals surface area contributed by atoms with Gasteiger partial charge in [0.2, 0.25) is 5.88 Å². The van der Waals surface area contributed by atoms with Crippen molar-refractivity contribution < 1.29 is 13.9 Å². The van der Waals surface area contributed by atoms with Crippen LogP contribution in [-0.4, -0.2) is 33.9 Å². The Kier molecular flexibility index (Phi) is 6.89. The monoisotopic (exact) mass is 393 g/mol. The number of carbonyl (C=O) groups is 1. The fourth-order valence-electron chi connectivity index (χ4n) is 2.86. The van der Waals surface area contributed by atoms with Crippen molar-refractivity contribution in [2.45, 2.75) is 26.8 Å². The predicted molar refractivity (Wildman–Crippen MR) is 110 cm³/mol. The van der Waals surface area contributed by atoms with E-state index in [-0.39, 0.29) is 18.3 Å². The van der Waals surface area contributed by atoms with Gasteiger partial charge in [0.25, 0.3) is 5.91 Å². The SMILES string of the molecule is CCc1cc(OCC(=O)N(CC)Cc2ccccc2)nc(-c2ccc(F)cc2)n1. The second-order valence-electron chi connectivity index (χ2n) is 6.56. The lowest BCUT2D eigenvalue weighted by atomic mass is 10.2. The average molecular weight is 393 g/mol. The predicted octanol–water partition coefficient (Wildman–Crippen LogP) is 4.27.